The Balaban J connectivity index is 1.79. The second kappa shape index (κ2) is 6.34. The van der Waals surface area contributed by atoms with Crippen LogP contribution in [-0.2, 0) is 11.2 Å². The van der Waals surface area contributed by atoms with E-state index in [-0.39, 0.29) is 5.92 Å². The van der Waals surface area contributed by atoms with Crippen LogP contribution in [0.2, 0.25) is 0 Å². The molecule has 1 aliphatic carbocycles. The maximum atomic E-state index is 11.0. The van der Waals surface area contributed by atoms with Gasteiger partial charge >= 0.3 is 5.97 Å². The molecule has 0 amide bonds. The second-order valence-corrected chi connectivity index (χ2v) is 6.28. The first-order valence-corrected chi connectivity index (χ1v) is 7.54. The quantitative estimate of drug-likeness (QED) is 0.862. The van der Waals surface area contributed by atoms with E-state index in [1.165, 1.54) is 4.88 Å². The first-order chi connectivity index (χ1) is 8.65. The van der Waals surface area contributed by atoms with Crippen molar-refractivity contribution in [3.63, 3.8) is 0 Å². The summed E-state index contributed by atoms with van der Waals surface area (Å²) in [6, 6.07) is 5.02. The molecule has 0 aromatic carbocycles. The van der Waals surface area contributed by atoms with Crippen molar-refractivity contribution in [3.05, 3.63) is 22.4 Å². The van der Waals surface area contributed by atoms with Crippen molar-refractivity contribution < 1.29 is 9.90 Å². The molecule has 4 heteroatoms. The van der Waals surface area contributed by atoms with Crippen molar-refractivity contribution in [2.45, 2.75) is 51.1 Å². The summed E-state index contributed by atoms with van der Waals surface area (Å²) in [5.41, 5.74) is 0. The Bertz CT molecular complexity index is 377. The Labute approximate surface area is 112 Å². The van der Waals surface area contributed by atoms with E-state index >= 15 is 0 Å². The number of nitrogens with one attached hydrogen (secondary N) is 1. The van der Waals surface area contributed by atoms with Crippen LogP contribution in [0.25, 0.3) is 0 Å². The molecule has 3 unspecified atom stereocenters. The maximum absolute atomic E-state index is 11.0. The SMILES string of the molecule is CC(Cc1cccs1)NC1CCCC(C(=O)O)C1. The number of rotatable bonds is 5. The summed E-state index contributed by atoms with van der Waals surface area (Å²) >= 11 is 1.78. The highest BCUT2D eigenvalue weighted by molar-refractivity contribution is 7.09. The van der Waals surface area contributed by atoms with Gasteiger partial charge in [0.2, 0.25) is 0 Å². The molecule has 1 aromatic heterocycles. The monoisotopic (exact) mass is 267 g/mol. The molecule has 1 heterocycles. The smallest absolute Gasteiger partial charge is 0.306 e. The molecule has 0 bridgehead atoms. The van der Waals surface area contributed by atoms with E-state index in [9.17, 15) is 4.79 Å². The molecule has 0 radical (unpaired) electrons. The predicted octanol–water partition coefficient (Wildman–Crippen LogP) is 2.91. The number of hydrogen-bond donors (Lipinski definition) is 2. The number of thiophene rings is 1. The molecule has 1 aromatic rings. The molecular weight excluding hydrogens is 246 g/mol. The highest BCUT2D eigenvalue weighted by Crippen LogP contribution is 2.25. The third-order valence-corrected chi connectivity index (χ3v) is 4.53. The molecular formula is C14H21NO2S. The van der Waals surface area contributed by atoms with Gasteiger partial charge in [0, 0.05) is 17.0 Å². The lowest BCUT2D eigenvalue weighted by Crippen LogP contribution is -2.41. The number of aliphatic carboxylic acids is 1. The van der Waals surface area contributed by atoms with Gasteiger partial charge in [-0.05, 0) is 44.1 Å². The van der Waals surface area contributed by atoms with Gasteiger partial charge in [-0.15, -0.1) is 11.3 Å². The minimum absolute atomic E-state index is 0.148. The van der Waals surface area contributed by atoms with E-state index in [0.29, 0.717) is 12.1 Å². The van der Waals surface area contributed by atoms with Gasteiger partial charge in [-0.1, -0.05) is 12.5 Å². The van der Waals surface area contributed by atoms with Crippen LogP contribution in [0, 0.1) is 5.92 Å². The highest BCUT2D eigenvalue weighted by atomic mass is 32.1. The second-order valence-electron chi connectivity index (χ2n) is 5.25. The van der Waals surface area contributed by atoms with Crippen LogP contribution < -0.4 is 5.32 Å². The van der Waals surface area contributed by atoms with Crippen molar-refractivity contribution in [1.82, 2.24) is 5.32 Å². The summed E-state index contributed by atoms with van der Waals surface area (Å²) in [6.07, 6.45) is 4.79. The Kier molecular flexibility index (Phi) is 4.78. The zero-order chi connectivity index (χ0) is 13.0. The number of hydrogen-bond acceptors (Lipinski definition) is 3. The number of carbonyl (C=O) groups is 1. The number of carboxylic acid groups (broad SMARTS) is 1. The molecule has 100 valence electrons. The molecule has 3 atom stereocenters. The van der Waals surface area contributed by atoms with Gasteiger partial charge < -0.3 is 10.4 Å². The van der Waals surface area contributed by atoms with Gasteiger partial charge in [0.25, 0.3) is 0 Å². The van der Waals surface area contributed by atoms with Crippen molar-refractivity contribution in [3.8, 4) is 0 Å². The Morgan fingerprint density at radius 1 is 1.61 bits per heavy atom. The van der Waals surface area contributed by atoms with Crippen LogP contribution in [0.4, 0.5) is 0 Å². The van der Waals surface area contributed by atoms with Gasteiger partial charge in [-0.3, -0.25) is 4.79 Å². The van der Waals surface area contributed by atoms with Gasteiger partial charge in [-0.2, -0.15) is 0 Å². The topological polar surface area (TPSA) is 49.3 Å². The van der Waals surface area contributed by atoms with Crippen LogP contribution in [-0.4, -0.2) is 23.2 Å². The van der Waals surface area contributed by atoms with Gasteiger partial charge in [0.15, 0.2) is 0 Å². The Morgan fingerprint density at radius 3 is 3.11 bits per heavy atom. The third-order valence-electron chi connectivity index (χ3n) is 3.63. The molecule has 0 aliphatic heterocycles. The number of carboxylic acids is 1. The fourth-order valence-electron chi connectivity index (χ4n) is 2.76. The molecule has 1 aliphatic rings. The largest absolute Gasteiger partial charge is 0.481 e. The molecule has 0 saturated heterocycles. The van der Waals surface area contributed by atoms with E-state index < -0.39 is 5.97 Å². The van der Waals surface area contributed by atoms with Crippen LogP contribution in [0.15, 0.2) is 17.5 Å². The zero-order valence-electron chi connectivity index (χ0n) is 10.8. The molecule has 3 nitrogen and oxygen atoms in total. The molecule has 1 fully saturated rings. The Hall–Kier alpha value is -0.870. The van der Waals surface area contributed by atoms with Gasteiger partial charge in [-0.25, -0.2) is 0 Å². The van der Waals surface area contributed by atoms with E-state index in [1.807, 2.05) is 0 Å². The summed E-state index contributed by atoms with van der Waals surface area (Å²) in [4.78, 5) is 12.4. The average molecular weight is 267 g/mol. The summed E-state index contributed by atoms with van der Waals surface area (Å²) in [5, 5.41) is 14.8. The van der Waals surface area contributed by atoms with Crippen molar-refractivity contribution in [1.29, 1.82) is 0 Å². The van der Waals surface area contributed by atoms with E-state index in [2.05, 4.69) is 29.8 Å². The minimum atomic E-state index is -0.632. The van der Waals surface area contributed by atoms with Gasteiger partial charge in [0.1, 0.15) is 0 Å². The third kappa shape index (κ3) is 3.82. The minimum Gasteiger partial charge on any atom is -0.481 e. The van der Waals surface area contributed by atoms with Crippen molar-refractivity contribution >= 4 is 17.3 Å². The standard InChI is InChI=1S/C14H21NO2S/c1-10(8-13-6-3-7-18-13)15-12-5-2-4-11(9-12)14(16)17/h3,6-7,10-12,15H,2,4-5,8-9H2,1H3,(H,16,17). The van der Waals surface area contributed by atoms with Gasteiger partial charge in [0.05, 0.1) is 5.92 Å². The molecule has 0 spiro atoms. The summed E-state index contributed by atoms with van der Waals surface area (Å²) in [6.45, 7) is 2.18. The first kappa shape index (κ1) is 13.6. The van der Waals surface area contributed by atoms with Crippen molar-refractivity contribution in [2.75, 3.05) is 0 Å². The van der Waals surface area contributed by atoms with E-state index in [0.717, 1.165) is 32.1 Å². The lowest BCUT2D eigenvalue weighted by molar-refractivity contribution is -0.143. The zero-order valence-corrected chi connectivity index (χ0v) is 11.6. The fraction of sp³-hybridized carbons (Fsp3) is 0.643. The van der Waals surface area contributed by atoms with E-state index in [4.69, 9.17) is 5.11 Å². The fourth-order valence-corrected chi connectivity index (χ4v) is 3.59. The first-order valence-electron chi connectivity index (χ1n) is 6.66. The summed E-state index contributed by atoms with van der Waals surface area (Å²) < 4.78 is 0. The predicted molar refractivity (Wildman–Crippen MR) is 74.0 cm³/mol. The van der Waals surface area contributed by atoms with Crippen LogP contribution in [0.3, 0.4) is 0 Å². The van der Waals surface area contributed by atoms with Crippen LogP contribution in [0.1, 0.15) is 37.5 Å². The molecule has 2 N–H and O–H groups in total. The summed E-state index contributed by atoms with van der Waals surface area (Å²) in [5.74, 6) is -0.780. The normalized spacial score (nSPS) is 25.8. The lowest BCUT2D eigenvalue weighted by atomic mass is 9.85. The molecule has 1 saturated carbocycles. The van der Waals surface area contributed by atoms with E-state index in [1.54, 1.807) is 11.3 Å². The molecule has 2 rings (SSSR count). The average Bonchev–Trinajstić information content (AvgIpc) is 2.82. The lowest BCUT2D eigenvalue weighted by Gasteiger charge is -2.30. The summed E-state index contributed by atoms with van der Waals surface area (Å²) in [7, 11) is 0. The Morgan fingerprint density at radius 2 is 2.44 bits per heavy atom. The molecule has 18 heavy (non-hydrogen) atoms. The van der Waals surface area contributed by atoms with Crippen LogP contribution >= 0.6 is 11.3 Å². The highest BCUT2D eigenvalue weighted by Gasteiger charge is 2.27. The van der Waals surface area contributed by atoms with Crippen LogP contribution in [0.5, 0.6) is 0 Å². The van der Waals surface area contributed by atoms with Crippen molar-refractivity contribution in [2.24, 2.45) is 5.92 Å². The maximum Gasteiger partial charge on any atom is 0.306 e.